The normalized spacial score (nSPS) is 10.7. The van der Waals surface area contributed by atoms with Crippen molar-refractivity contribution in [2.24, 2.45) is 0 Å². The van der Waals surface area contributed by atoms with E-state index in [9.17, 15) is 0 Å². The van der Waals surface area contributed by atoms with Crippen molar-refractivity contribution >= 4 is 29.3 Å². The average Bonchev–Trinajstić information content (AvgIpc) is 3.23. The maximum Gasteiger partial charge on any atom is 0.277 e. The van der Waals surface area contributed by atoms with E-state index in [4.69, 9.17) is 14.9 Å². The molecule has 0 bridgehead atoms. The molecule has 0 amide bonds. The molecule has 2 aromatic carbocycles. The van der Waals surface area contributed by atoms with Crippen molar-refractivity contribution in [3.8, 4) is 17.2 Å². The van der Waals surface area contributed by atoms with Crippen molar-refractivity contribution in [3.63, 3.8) is 0 Å². The minimum atomic E-state index is 0.140. The monoisotopic (exact) mass is 421 g/mol. The van der Waals surface area contributed by atoms with Crippen molar-refractivity contribution in [1.29, 1.82) is 0 Å². The van der Waals surface area contributed by atoms with Gasteiger partial charge in [-0.05, 0) is 42.8 Å². The second kappa shape index (κ2) is 8.78. The third-order valence-electron chi connectivity index (χ3n) is 4.16. The molecule has 10 heteroatoms. The van der Waals surface area contributed by atoms with E-state index in [-0.39, 0.29) is 5.95 Å². The van der Waals surface area contributed by atoms with Crippen LogP contribution in [0.5, 0.6) is 5.75 Å². The van der Waals surface area contributed by atoms with E-state index < -0.39 is 0 Å². The summed E-state index contributed by atoms with van der Waals surface area (Å²) in [5.41, 5.74) is 8.64. The maximum absolute atomic E-state index is 5.85. The molecule has 0 aliphatic heterocycles. The number of aromatic nitrogens is 5. The van der Waals surface area contributed by atoms with Crippen molar-refractivity contribution in [3.05, 3.63) is 59.9 Å². The van der Waals surface area contributed by atoms with Crippen LogP contribution in [-0.2, 0) is 5.75 Å². The number of hydrogen-bond acceptors (Lipinski definition) is 10. The Hall–Kier alpha value is -3.66. The first-order valence-electron chi connectivity index (χ1n) is 9.04. The molecule has 0 aliphatic rings. The van der Waals surface area contributed by atoms with Crippen LogP contribution in [0.25, 0.3) is 11.5 Å². The quantitative estimate of drug-likeness (QED) is 0.425. The molecule has 0 aliphatic carbocycles. The van der Waals surface area contributed by atoms with Crippen LogP contribution in [0.2, 0.25) is 0 Å². The van der Waals surface area contributed by atoms with Crippen molar-refractivity contribution in [2.75, 3.05) is 18.2 Å². The number of aryl methyl sites for hydroxylation is 1. The van der Waals surface area contributed by atoms with Gasteiger partial charge in [-0.15, -0.1) is 10.2 Å². The van der Waals surface area contributed by atoms with Crippen LogP contribution < -0.4 is 15.8 Å². The fourth-order valence-electron chi connectivity index (χ4n) is 2.64. The van der Waals surface area contributed by atoms with E-state index in [2.05, 4.69) is 30.5 Å². The highest BCUT2D eigenvalue weighted by atomic mass is 32.2. The zero-order valence-electron chi connectivity index (χ0n) is 16.4. The first-order valence-corrected chi connectivity index (χ1v) is 10.0. The van der Waals surface area contributed by atoms with Crippen LogP contribution in [0.1, 0.15) is 11.4 Å². The van der Waals surface area contributed by atoms with Gasteiger partial charge in [0, 0.05) is 11.3 Å². The molecular formula is C20H19N7O2S. The van der Waals surface area contributed by atoms with Gasteiger partial charge in [0.05, 0.1) is 12.9 Å². The standard InChI is InChI=1S/C20H19N7O2S/c1-12-5-3-4-6-15(12)22-19-24-16(23-18(21)25-19)11-30-20-27-26-17(29-20)13-7-9-14(28-2)10-8-13/h3-10H,11H2,1-2H3,(H3,21,22,23,24,25). The highest BCUT2D eigenvalue weighted by Gasteiger charge is 2.12. The van der Waals surface area contributed by atoms with Crippen LogP contribution >= 0.6 is 11.8 Å². The second-order valence-corrected chi connectivity index (χ2v) is 7.19. The minimum absolute atomic E-state index is 0.140. The van der Waals surface area contributed by atoms with Gasteiger partial charge < -0.3 is 20.2 Å². The largest absolute Gasteiger partial charge is 0.497 e. The first kappa shape index (κ1) is 19.6. The lowest BCUT2D eigenvalue weighted by atomic mass is 10.2. The molecule has 9 nitrogen and oxygen atoms in total. The summed E-state index contributed by atoms with van der Waals surface area (Å²) in [6.45, 7) is 2.00. The Morgan fingerprint density at radius 3 is 2.60 bits per heavy atom. The third kappa shape index (κ3) is 4.66. The zero-order chi connectivity index (χ0) is 20.9. The molecule has 30 heavy (non-hydrogen) atoms. The summed E-state index contributed by atoms with van der Waals surface area (Å²) in [5, 5.41) is 11.7. The van der Waals surface area contributed by atoms with E-state index in [1.54, 1.807) is 7.11 Å². The molecule has 0 fully saturated rings. The molecule has 3 N–H and O–H groups in total. The molecule has 152 valence electrons. The Kier molecular flexibility index (Phi) is 5.75. The SMILES string of the molecule is COc1ccc(-c2nnc(SCc3nc(N)nc(Nc4ccccc4C)n3)o2)cc1. The van der Waals surface area contributed by atoms with Gasteiger partial charge in [0.1, 0.15) is 11.6 Å². The summed E-state index contributed by atoms with van der Waals surface area (Å²) < 4.78 is 10.9. The van der Waals surface area contributed by atoms with Crippen LogP contribution in [0, 0.1) is 6.92 Å². The van der Waals surface area contributed by atoms with Crippen molar-refractivity contribution < 1.29 is 9.15 Å². The Morgan fingerprint density at radius 1 is 1.03 bits per heavy atom. The summed E-state index contributed by atoms with van der Waals surface area (Å²) in [4.78, 5) is 12.8. The van der Waals surface area contributed by atoms with Gasteiger partial charge >= 0.3 is 0 Å². The van der Waals surface area contributed by atoms with Crippen molar-refractivity contribution in [2.45, 2.75) is 17.9 Å². The highest BCUT2D eigenvalue weighted by Crippen LogP contribution is 2.26. The number of hydrogen-bond donors (Lipinski definition) is 2. The van der Waals surface area contributed by atoms with E-state index in [1.165, 1.54) is 11.8 Å². The number of benzene rings is 2. The molecule has 2 heterocycles. The number of nitrogens with two attached hydrogens (primary N) is 1. The van der Waals surface area contributed by atoms with E-state index in [0.29, 0.717) is 28.6 Å². The molecule has 0 saturated carbocycles. The lowest BCUT2D eigenvalue weighted by molar-refractivity contribution is 0.414. The predicted octanol–water partition coefficient (Wildman–Crippen LogP) is 3.86. The summed E-state index contributed by atoms with van der Waals surface area (Å²) in [6, 6.07) is 15.2. The van der Waals surface area contributed by atoms with Gasteiger partial charge in [-0.2, -0.15) is 15.0 Å². The summed E-state index contributed by atoms with van der Waals surface area (Å²) >= 11 is 1.32. The number of anilines is 3. The van der Waals surface area contributed by atoms with E-state index in [1.807, 2.05) is 55.5 Å². The number of thioether (sulfide) groups is 1. The fourth-order valence-corrected chi connectivity index (χ4v) is 3.25. The van der Waals surface area contributed by atoms with Crippen LogP contribution in [0.4, 0.5) is 17.6 Å². The molecule has 0 unspecified atom stereocenters. The zero-order valence-corrected chi connectivity index (χ0v) is 17.2. The Bertz CT molecular complexity index is 1150. The molecule has 0 spiro atoms. The number of ether oxygens (including phenoxy) is 1. The Labute approximate surface area is 177 Å². The minimum Gasteiger partial charge on any atom is -0.497 e. The maximum atomic E-state index is 5.85. The highest BCUT2D eigenvalue weighted by molar-refractivity contribution is 7.98. The van der Waals surface area contributed by atoms with Gasteiger partial charge in [0.15, 0.2) is 0 Å². The molecule has 4 aromatic rings. The Morgan fingerprint density at radius 2 is 1.83 bits per heavy atom. The van der Waals surface area contributed by atoms with Crippen LogP contribution in [0.3, 0.4) is 0 Å². The summed E-state index contributed by atoms with van der Waals surface area (Å²) in [7, 11) is 1.62. The molecule has 0 atom stereocenters. The smallest absolute Gasteiger partial charge is 0.277 e. The predicted molar refractivity (Wildman–Crippen MR) is 115 cm³/mol. The van der Waals surface area contributed by atoms with Gasteiger partial charge in [0.2, 0.25) is 17.8 Å². The molecule has 2 aromatic heterocycles. The first-order chi connectivity index (χ1) is 14.6. The molecular weight excluding hydrogens is 402 g/mol. The second-order valence-electron chi connectivity index (χ2n) is 6.26. The summed E-state index contributed by atoms with van der Waals surface area (Å²) in [6.07, 6.45) is 0. The van der Waals surface area contributed by atoms with Crippen LogP contribution in [-0.4, -0.2) is 32.3 Å². The summed E-state index contributed by atoms with van der Waals surface area (Å²) in [5.74, 6) is 2.62. The molecule has 0 saturated heterocycles. The van der Waals surface area contributed by atoms with E-state index in [0.717, 1.165) is 22.6 Å². The third-order valence-corrected chi connectivity index (χ3v) is 4.97. The number of methoxy groups -OCH3 is 1. The number of nitrogens with one attached hydrogen (secondary N) is 1. The number of nitrogen functional groups attached to an aromatic ring is 1. The topological polar surface area (TPSA) is 125 Å². The van der Waals surface area contributed by atoms with Gasteiger partial charge in [0.25, 0.3) is 5.22 Å². The Balaban J connectivity index is 1.44. The lowest BCUT2D eigenvalue weighted by Gasteiger charge is -2.09. The van der Waals surface area contributed by atoms with Gasteiger partial charge in [-0.25, -0.2) is 0 Å². The average molecular weight is 421 g/mol. The van der Waals surface area contributed by atoms with Crippen molar-refractivity contribution in [1.82, 2.24) is 25.1 Å². The number of nitrogens with zero attached hydrogens (tertiary/aromatic N) is 5. The number of rotatable bonds is 7. The molecule has 0 radical (unpaired) electrons. The van der Waals surface area contributed by atoms with E-state index >= 15 is 0 Å². The van der Waals surface area contributed by atoms with Gasteiger partial charge in [-0.1, -0.05) is 30.0 Å². The fraction of sp³-hybridized carbons (Fsp3) is 0.150. The number of para-hydroxylation sites is 1. The van der Waals surface area contributed by atoms with Gasteiger partial charge in [-0.3, -0.25) is 0 Å². The van der Waals surface area contributed by atoms with Crippen LogP contribution in [0.15, 0.2) is 58.2 Å². The lowest BCUT2D eigenvalue weighted by Crippen LogP contribution is -2.07. The molecule has 4 rings (SSSR count).